The van der Waals surface area contributed by atoms with E-state index in [-0.39, 0.29) is 5.91 Å². The summed E-state index contributed by atoms with van der Waals surface area (Å²) in [4.78, 5) is 19.2. The third kappa shape index (κ3) is 4.90. The lowest BCUT2D eigenvalue weighted by atomic mass is 10.1. The molecule has 28 heavy (non-hydrogen) atoms. The largest absolute Gasteiger partial charge is 0.372 e. The second kappa shape index (κ2) is 9.20. The van der Waals surface area contributed by atoms with E-state index >= 15 is 0 Å². The number of nitrogens with one attached hydrogen (secondary N) is 1. The van der Waals surface area contributed by atoms with Crippen LogP contribution in [0.5, 0.6) is 0 Å². The van der Waals surface area contributed by atoms with Crippen LogP contribution < -0.4 is 10.2 Å². The van der Waals surface area contributed by atoms with Crippen LogP contribution >= 0.6 is 11.3 Å². The number of unbranched alkanes of at least 4 members (excludes halogenated alkanes) is 1. The third-order valence-corrected chi connectivity index (χ3v) is 6.38. The van der Waals surface area contributed by atoms with Gasteiger partial charge < -0.3 is 10.2 Å². The van der Waals surface area contributed by atoms with Crippen molar-refractivity contribution < 1.29 is 4.79 Å². The SMILES string of the molecule is O=C(CCCCc1nc2ccccc2s1)NCc1ccc(N2CCCC2)cc1. The van der Waals surface area contributed by atoms with Crippen molar-refractivity contribution in [1.29, 1.82) is 0 Å². The van der Waals surface area contributed by atoms with Crippen molar-refractivity contribution in [1.82, 2.24) is 10.3 Å². The summed E-state index contributed by atoms with van der Waals surface area (Å²) in [5, 5.41) is 4.21. The highest BCUT2D eigenvalue weighted by Gasteiger charge is 2.12. The summed E-state index contributed by atoms with van der Waals surface area (Å²) >= 11 is 1.76. The molecule has 2 heterocycles. The van der Waals surface area contributed by atoms with Gasteiger partial charge in [0.1, 0.15) is 0 Å². The smallest absolute Gasteiger partial charge is 0.220 e. The molecule has 0 radical (unpaired) electrons. The molecular weight excluding hydrogens is 366 g/mol. The Balaban J connectivity index is 1.15. The van der Waals surface area contributed by atoms with Crippen LogP contribution in [-0.2, 0) is 17.8 Å². The fourth-order valence-corrected chi connectivity index (χ4v) is 4.69. The Morgan fingerprint density at radius 2 is 1.82 bits per heavy atom. The summed E-state index contributed by atoms with van der Waals surface area (Å²) in [6.45, 7) is 2.93. The highest BCUT2D eigenvalue weighted by Crippen LogP contribution is 2.23. The Morgan fingerprint density at radius 3 is 2.61 bits per heavy atom. The van der Waals surface area contributed by atoms with Gasteiger partial charge in [-0.25, -0.2) is 4.98 Å². The quantitative estimate of drug-likeness (QED) is 0.552. The van der Waals surface area contributed by atoms with Crippen molar-refractivity contribution >= 4 is 33.1 Å². The average Bonchev–Trinajstić information content (AvgIpc) is 3.39. The van der Waals surface area contributed by atoms with Gasteiger partial charge in [0.05, 0.1) is 15.2 Å². The van der Waals surface area contributed by atoms with E-state index in [4.69, 9.17) is 0 Å². The van der Waals surface area contributed by atoms with Gasteiger partial charge in [-0.3, -0.25) is 4.79 Å². The Bertz CT molecular complexity index is 880. The summed E-state index contributed by atoms with van der Waals surface area (Å²) in [6, 6.07) is 16.8. The van der Waals surface area contributed by atoms with Crippen molar-refractivity contribution in [3.63, 3.8) is 0 Å². The van der Waals surface area contributed by atoms with Crippen LogP contribution in [0, 0.1) is 0 Å². The van der Waals surface area contributed by atoms with E-state index in [1.165, 1.54) is 28.2 Å². The molecule has 0 atom stereocenters. The molecule has 1 fully saturated rings. The number of anilines is 1. The lowest BCUT2D eigenvalue weighted by Crippen LogP contribution is -2.22. The molecule has 0 saturated carbocycles. The molecule has 146 valence electrons. The fraction of sp³-hybridized carbons (Fsp3) is 0.391. The lowest BCUT2D eigenvalue weighted by molar-refractivity contribution is -0.121. The van der Waals surface area contributed by atoms with Gasteiger partial charge in [0.2, 0.25) is 5.91 Å². The molecule has 5 heteroatoms. The average molecular weight is 394 g/mol. The van der Waals surface area contributed by atoms with Crippen molar-refractivity contribution in [2.24, 2.45) is 0 Å². The molecule has 0 aliphatic carbocycles. The topological polar surface area (TPSA) is 45.2 Å². The zero-order chi connectivity index (χ0) is 19.2. The Morgan fingerprint density at radius 1 is 1.04 bits per heavy atom. The minimum atomic E-state index is 0.132. The van der Waals surface area contributed by atoms with E-state index in [0.717, 1.165) is 43.4 Å². The molecular formula is C23H27N3OS. The molecule has 0 unspecified atom stereocenters. The number of aryl methyl sites for hydroxylation is 1. The summed E-state index contributed by atoms with van der Waals surface area (Å²) in [7, 11) is 0. The number of carbonyl (C=O) groups excluding carboxylic acids is 1. The number of fused-ring (bicyclic) bond motifs is 1. The summed E-state index contributed by atoms with van der Waals surface area (Å²) in [5.74, 6) is 0.132. The first-order chi connectivity index (χ1) is 13.8. The molecule has 1 aliphatic rings. The number of nitrogens with zero attached hydrogens (tertiary/aromatic N) is 2. The highest BCUT2D eigenvalue weighted by atomic mass is 32.1. The highest BCUT2D eigenvalue weighted by molar-refractivity contribution is 7.18. The number of hydrogen-bond donors (Lipinski definition) is 1. The van der Waals surface area contributed by atoms with Gasteiger partial charge in [-0.2, -0.15) is 0 Å². The number of hydrogen-bond acceptors (Lipinski definition) is 4. The first-order valence-electron chi connectivity index (χ1n) is 10.2. The van der Waals surface area contributed by atoms with Crippen molar-refractivity contribution in [2.45, 2.75) is 45.1 Å². The maximum absolute atomic E-state index is 12.1. The van der Waals surface area contributed by atoms with Crippen LogP contribution in [0.25, 0.3) is 10.2 Å². The van der Waals surface area contributed by atoms with Crippen molar-refractivity contribution in [3.8, 4) is 0 Å². The van der Waals surface area contributed by atoms with Crippen LogP contribution in [0.3, 0.4) is 0 Å². The fourth-order valence-electron chi connectivity index (χ4n) is 3.68. The molecule has 0 bridgehead atoms. The summed E-state index contributed by atoms with van der Waals surface area (Å²) in [6.07, 6.45) is 6.00. The van der Waals surface area contributed by atoms with Crippen molar-refractivity contribution in [3.05, 3.63) is 59.1 Å². The van der Waals surface area contributed by atoms with Gasteiger partial charge in [-0.1, -0.05) is 24.3 Å². The molecule has 1 saturated heterocycles. The summed E-state index contributed by atoms with van der Waals surface area (Å²) < 4.78 is 1.24. The Hall–Kier alpha value is -2.40. The maximum atomic E-state index is 12.1. The van der Waals surface area contributed by atoms with Crippen molar-refractivity contribution in [2.75, 3.05) is 18.0 Å². The second-order valence-corrected chi connectivity index (χ2v) is 8.53. The van der Waals surface area contributed by atoms with Gasteiger partial charge in [-0.15, -0.1) is 11.3 Å². The number of aromatic nitrogens is 1. The Kier molecular flexibility index (Phi) is 6.22. The third-order valence-electron chi connectivity index (χ3n) is 5.28. The number of carbonyl (C=O) groups is 1. The predicted molar refractivity (Wildman–Crippen MR) is 117 cm³/mol. The lowest BCUT2D eigenvalue weighted by Gasteiger charge is -2.17. The number of thiazole rings is 1. The normalized spacial score (nSPS) is 13.9. The molecule has 1 aromatic heterocycles. The maximum Gasteiger partial charge on any atom is 0.220 e. The van der Waals surface area contributed by atoms with Crippen LogP contribution in [-0.4, -0.2) is 24.0 Å². The first kappa shape index (κ1) is 18.9. The molecule has 3 aromatic rings. The van der Waals surface area contributed by atoms with Gasteiger partial charge in [0.25, 0.3) is 0 Å². The standard InChI is InChI=1S/C23H27N3OS/c27-22(9-3-4-10-23-25-20-7-1-2-8-21(20)28-23)24-17-18-11-13-19(14-12-18)26-15-5-6-16-26/h1-2,7-8,11-14H,3-6,9-10,15-17H2,(H,24,27). The number of rotatable bonds is 8. The van der Waals surface area contributed by atoms with E-state index in [1.807, 2.05) is 6.07 Å². The molecule has 1 aliphatic heterocycles. The zero-order valence-corrected chi connectivity index (χ0v) is 17.0. The van der Waals surface area contributed by atoms with E-state index < -0.39 is 0 Å². The monoisotopic (exact) mass is 393 g/mol. The van der Waals surface area contributed by atoms with E-state index in [0.29, 0.717) is 13.0 Å². The van der Waals surface area contributed by atoms with Gasteiger partial charge in [0, 0.05) is 31.7 Å². The van der Waals surface area contributed by atoms with Gasteiger partial charge in [-0.05, 0) is 61.9 Å². The second-order valence-electron chi connectivity index (χ2n) is 7.42. The Labute approximate surface area is 170 Å². The van der Waals surface area contributed by atoms with Crippen LogP contribution in [0.2, 0.25) is 0 Å². The van der Waals surface area contributed by atoms with Crippen LogP contribution in [0.4, 0.5) is 5.69 Å². The first-order valence-corrected chi connectivity index (χ1v) is 11.0. The number of para-hydroxylation sites is 1. The molecule has 1 amide bonds. The van der Waals surface area contributed by atoms with Crippen LogP contribution in [0.1, 0.15) is 42.7 Å². The number of benzene rings is 2. The molecule has 4 nitrogen and oxygen atoms in total. The molecule has 1 N–H and O–H groups in total. The zero-order valence-electron chi connectivity index (χ0n) is 16.2. The van der Waals surface area contributed by atoms with E-state index in [9.17, 15) is 4.79 Å². The summed E-state index contributed by atoms with van der Waals surface area (Å²) in [5.41, 5.74) is 3.53. The van der Waals surface area contributed by atoms with E-state index in [1.54, 1.807) is 11.3 Å². The van der Waals surface area contributed by atoms with Gasteiger partial charge in [0.15, 0.2) is 0 Å². The van der Waals surface area contributed by atoms with E-state index in [2.05, 4.69) is 57.7 Å². The van der Waals surface area contributed by atoms with Gasteiger partial charge >= 0.3 is 0 Å². The van der Waals surface area contributed by atoms with Crippen LogP contribution in [0.15, 0.2) is 48.5 Å². The molecule has 2 aromatic carbocycles. The minimum Gasteiger partial charge on any atom is -0.372 e. The predicted octanol–water partition coefficient (Wildman–Crippen LogP) is 4.93. The molecule has 0 spiro atoms. The number of amides is 1. The minimum absolute atomic E-state index is 0.132. The molecule has 4 rings (SSSR count).